The van der Waals surface area contributed by atoms with Crippen LogP contribution in [0.1, 0.15) is 5.56 Å². The van der Waals surface area contributed by atoms with Gasteiger partial charge in [-0.05, 0) is 17.7 Å². The highest BCUT2D eigenvalue weighted by Crippen LogP contribution is 2.16. The molecule has 0 aliphatic heterocycles. The maximum Gasteiger partial charge on any atom is 0.336 e. The number of nitrogens with two attached hydrogens (primary N) is 1. The highest BCUT2D eigenvalue weighted by Gasteiger charge is 2.23. The van der Waals surface area contributed by atoms with Gasteiger partial charge in [-0.15, -0.1) is 0 Å². The van der Waals surface area contributed by atoms with Gasteiger partial charge in [0.25, 0.3) is 0 Å². The fourth-order valence-electron chi connectivity index (χ4n) is 1.73. The van der Waals surface area contributed by atoms with Crippen molar-refractivity contribution in [2.75, 3.05) is 0 Å². The van der Waals surface area contributed by atoms with E-state index in [9.17, 15) is 9.59 Å². The monoisotopic (exact) mass is 255 g/mol. The molecule has 2 rings (SSSR count). The Morgan fingerprint density at radius 1 is 1.32 bits per heavy atom. The van der Waals surface area contributed by atoms with E-state index in [1.807, 2.05) is 30.3 Å². The van der Waals surface area contributed by atoms with E-state index in [0.29, 0.717) is 0 Å². The number of carbonyl (C=O) groups excluding carboxylic acids is 2. The molecule has 1 aromatic carbocycles. The Hall–Kier alpha value is -2.42. The first-order valence-electron chi connectivity index (χ1n) is 5.82. The summed E-state index contributed by atoms with van der Waals surface area (Å²) in [5, 5.41) is 0. The summed E-state index contributed by atoms with van der Waals surface area (Å²) in [6.45, 7) is 0.174. The molecule has 2 N–H and O–H groups in total. The molecule has 96 valence electrons. The molecule has 0 aromatic heterocycles. The number of benzene rings is 1. The highest BCUT2D eigenvalue weighted by atomic mass is 16.5. The lowest BCUT2D eigenvalue weighted by Crippen LogP contribution is -2.31. The van der Waals surface area contributed by atoms with Crippen molar-refractivity contribution in [1.29, 1.82) is 0 Å². The number of allylic oxidation sites excluding steroid dienone is 2. The number of hydrogen-bond acceptors (Lipinski definition) is 4. The number of esters is 1. The maximum absolute atomic E-state index is 11.9. The molecule has 0 heterocycles. The first kappa shape index (κ1) is 13.0. The van der Waals surface area contributed by atoms with Crippen molar-refractivity contribution in [3.63, 3.8) is 0 Å². The minimum Gasteiger partial charge on any atom is -0.457 e. The number of rotatable bonds is 3. The van der Waals surface area contributed by atoms with Crippen LogP contribution in [0.25, 0.3) is 0 Å². The third kappa shape index (κ3) is 3.07. The van der Waals surface area contributed by atoms with Crippen molar-refractivity contribution in [2.24, 2.45) is 5.73 Å². The normalized spacial score (nSPS) is 17.6. The smallest absolute Gasteiger partial charge is 0.336 e. The predicted octanol–water partition coefficient (Wildman–Crippen LogP) is 1.31. The zero-order valence-corrected chi connectivity index (χ0v) is 10.2. The van der Waals surface area contributed by atoms with Crippen molar-refractivity contribution < 1.29 is 14.3 Å². The molecule has 0 saturated carbocycles. The molecule has 1 unspecified atom stereocenters. The van der Waals surface area contributed by atoms with E-state index in [4.69, 9.17) is 10.5 Å². The summed E-state index contributed by atoms with van der Waals surface area (Å²) in [6, 6.07) is 8.57. The molecule has 0 radical (unpaired) electrons. The zero-order chi connectivity index (χ0) is 13.7. The van der Waals surface area contributed by atoms with Gasteiger partial charge in [0.2, 0.25) is 0 Å². The van der Waals surface area contributed by atoms with Crippen molar-refractivity contribution >= 4 is 11.9 Å². The molecule has 0 bridgehead atoms. The van der Waals surface area contributed by atoms with Crippen LogP contribution in [-0.4, -0.2) is 18.0 Å². The molecule has 0 saturated heterocycles. The second-order valence-electron chi connectivity index (χ2n) is 4.08. The van der Waals surface area contributed by atoms with Gasteiger partial charge in [-0.25, -0.2) is 9.59 Å². The SMILES string of the molecule is NC1C(=C=O)C=CC=C1C(=O)OCc1ccccc1. The van der Waals surface area contributed by atoms with Crippen LogP contribution in [0.15, 0.2) is 59.7 Å². The van der Waals surface area contributed by atoms with E-state index >= 15 is 0 Å². The molecule has 0 amide bonds. The summed E-state index contributed by atoms with van der Waals surface area (Å²) in [6.07, 6.45) is 4.67. The Kier molecular flexibility index (Phi) is 4.08. The molecule has 1 atom stereocenters. The van der Waals surface area contributed by atoms with Gasteiger partial charge in [-0.3, -0.25) is 0 Å². The second-order valence-corrected chi connectivity index (χ2v) is 4.08. The molecule has 0 fully saturated rings. The molecular weight excluding hydrogens is 242 g/mol. The zero-order valence-electron chi connectivity index (χ0n) is 10.2. The van der Waals surface area contributed by atoms with Gasteiger partial charge in [0.15, 0.2) is 0 Å². The summed E-state index contributed by atoms with van der Waals surface area (Å²) in [5.41, 5.74) is 7.18. The molecular formula is C15H13NO3. The van der Waals surface area contributed by atoms with E-state index in [-0.39, 0.29) is 17.8 Å². The van der Waals surface area contributed by atoms with Crippen LogP contribution in [0.3, 0.4) is 0 Å². The van der Waals surface area contributed by atoms with Gasteiger partial charge < -0.3 is 10.5 Å². The first-order valence-corrected chi connectivity index (χ1v) is 5.82. The molecule has 4 nitrogen and oxygen atoms in total. The molecule has 19 heavy (non-hydrogen) atoms. The van der Waals surface area contributed by atoms with Gasteiger partial charge in [0, 0.05) is 0 Å². The number of hydrogen-bond donors (Lipinski definition) is 1. The average molecular weight is 255 g/mol. The second kappa shape index (κ2) is 5.96. The third-order valence-corrected chi connectivity index (χ3v) is 2.79. The van der Waals surface area contributed by atoms with Crippen LogP contribution in [0, 0.1) is 0 Å². The van der Waals surface area contributed by atoms with Crippen molar-refractivity contribution in [1.82, 2.24) is 0 Å². The largest absolute Gasteiger partial charge is 0.457 e. The number of carbonyl (C=O) groups is 1. The fraction of sp³-hybridized carbons (Fsp3) is 0.133. The Bertz CT molecular complexity index is 581. The summed E-state index contributed by atoms with van der Waals surface area (Å²) in [5.74, 6) is 1.20. The van der Waals surface area contributed by atoms with Crippen molar-refractivity contribution in [3.8, 4) is 0 Å². The van der Waals surface area contributed by atoms with E-state index in [0.717, 1.165) is 5.56 Å². The van der Waals surface area contributed by atoms with Crippen LogP contribution in [0.5, 0.6) is 0 Å². The lowest BCUT2D eigenvalue weighted by atomic mass is 9.96. The Morgan fingerprint density at radius 2 is 2.05 bits per heavy atom. The van der Waals surface area contributed by atoms with Crippen molar-refractivity contribution in [3.05, 3.63) is 65.3 Å². The molecule has 1 aliphatic carbocycles. The molecule has 1 aliphatic rings. The summed E-state index contributed by atoms with van der Waals surface area (Å²) >= 11 is 0. The Labute approximate surface area is 110 Å². The van der Waals surface area contributed by atoms with Crippen LogP contribution < -0.4 is 5.73 Å². The van der Waals surface area contributed by atoms with E-state index in [2.05, 4.69) is 0 Å². The minimum atomic E-state index is -0.772. The minimum absolute atomic E-state index is 0.174. The van der Waals surface area contributed by atoms with Gasteiger partial charge in [-0.1, -0.05) is 36.4 Å². The van der Waals surface area contributed by atoms with E-state index in [1.165, 1.54) is 6.08 Å². The van der Waals surface area contributed by atoms with Crippen LogP contribution in [-0.2, 0) is 20.9 Å². The lowest BCUT2D eigenvalue weighted by Gasteiger charge is -2.16. The number of ether oxygens (including phenoxy) is 1. The Balaban J connectivity index is 2.03. The lowest BCUT2D eigenvalue weighted by molar-refractivity contribution is -0.140. The van der Waals surface area contributed by atoms with Gasteiger partial charge in [-0.2, -0.15) is 0 Å². The highest BCUT2D eigenvalue weighted by molar-refractivity contribution is 5.92. The standard InChI is InChI=1S/C15H13NO3/c16-14-12(9-17)7-4-8-13(14)15(18)19-10-11-5-2-1-3-6-11/h1-8,14H,10,16H2. The van der Waals surface area contributed by atoms with Gasteiger partial charge >= 0.3 is 5.97 Å². The summed E-state index contributed by atoms with van der Waals surface area (Å²) in [4.78, 5) is 22.5. The molecule has 4 heteroatoms. The first-order chi connectivity index (χ1) is 9.22. The fourth-order valence-corrected chi connectivity index (χ4v) is 1.73. The van der Waals surface area contributed by atoms with Crippen molar-refractivity contribution in [2.45, 2.75) is 12.6 Å². The van der Waals surface area contributed by atoms with Crippen LogP contribution in [0.4, 0.5) is 0 Å². The quantitative estimate of drug-likeness (QED) is 0.653. The molecule has 0 spiro atoms. The van der Waals surface area contributed by atoms with Crippen LogP contribution in [0.2, 0.25) is 0 Å². The van der Waals surface area contributed by atoms with E-state index < -0.39 is 12.0 Å². The topological polar surface area (TPSA) is 69.4 Å². The third-order valence-electron chi connectivity index (χ3n) is 2.79. The van der Waals surface area contributed by atoms with Gasteiger partial charge in [0.1, 0.15) is 12.5 Å². The molecule has 1 aromatic rings. The van der Waals surface area contributed by atoms with Crippen LogP contribution >= 0.6 is 0 Å². The summed E-state index contributed by atoms with van der Waals surface area (Å²) < 4.78 is 5.17. The summed E-state index contributed by atoms with van der Waals surface area (Å²) in [7, 11) is 0. The predicted molar refractivity (Wildman–Crippen MR) is 70.6 cm³/mol. The van der Waals surface area contributed by atoms with Gasteiger partial charge in [0.05, 0.1) is 17.2 Å². The van der Waals surface area contributed by atoms with E-state index in [1.54, 1.807) is 18.1 Å². The maximum atomic E-state index is 11.9. The Morgan fingerprint density at radius 3 is 2.74 bits per heavy atom. The average Bonchev–Trinajstić information content (AvgIpc) is 2.46.